The number of amides is 2. The summed E-state index contributed by atoms with van der Waals surface area (Å²) in [5.74, 6) is -1.17. The Balaban J connectivity index is 1.90. The molecule has 0 fully saturated rings. The highest BCUT2D eigenvalue weighted by Gasteiger charge is 2.15. The molecule has 0 aliphatic rings. The molecule has 0 bridgehead atoms. The van der Waals surface area contributed by atoms with E-state index in [0.29, 0.717) is 18.7 Å². The first-order valence-electron chi connectivity index (χ1n) is 7.82. The molecule has 0 aliphatic carbocycles. The first kappa shape index (κ1) is 17.5. The summed E-state index contributed by atoms with van der Waals surface area (Å²) in [4.78, 5) is 24.0. The van der Waals surface area contributed by atoms with Crippen LogP contribution in [0.4, 0.5) is 5.69 Å². The maximum absolute atomic E-state index is 12.0. The fourth-order valence-electron chi connectivity index (χ4n) is 2.66. The number of rotatable bonds is 4. The minimum atomic E-state index is -0.680. The Morgan fingerprint density at radius 3 is 2.29 bits per heavy atom. The van der Waals surface area contributed by atoms with E-state index >= 15 is 0 Å². The number of phenolic OH excluding ortho intramolecular Hbond substituents is 1. The number of carbonyl (C=O) groups is 2. The summed E-state index contributed by atoms with van der Waals surface area (Å²) in [6, 6.07) is 10.7. The van der Waals surface area contributed by atoms with E-state index in [9.17, 15) is 14.7 Å². The van der Waals surface area contributed by atoms with Crippen molar-refractivity contribution >= 4 is 17.5 Å². The second-order valence-electron chi connectivity index (χ2n) is 5.90. The smallest absolute Gasteiger partial charge is 0.313 e. The van der Waals surface area contributed by atoms with E-state index in [4.69, 9.17) is 0 Å². The van der Waals surface area contributed by atoms with Crippen LogP contribution in [0.2, 0.25) is 0 Å². The van der Waals surface area contributed by atoms with Crippen molar-refractivity contribution in [2.24, 2.45) is 0 Å². The number of benzene rings is 2. The number of nitrogens with one attached hydrogen (secondary N) is 2. The van der Waals surface area contributed by atoms with Crippen LogP contribution < -0.4 is 10.6 Å². The van der Waals surface area contributed by atoms with Crippen LogP contribution in [-0.2, 0) is 16.0 Å². The fourth-order valence-corrected chi connectivity index (χ4v) is 2.66. The first-order chi connectivity index (χ1) is 11.4. The highest BCUT2D eigenvalue weighted by molar-refractivity contribution is 6.39. The van der Waals surface area contributed by atoms with Crippen molar-refractivity contribution < 1.29 is 14.7 Å². The van der Waals surface area contributed by atoms with E-state index < -0.39 is 11.8 Å². The van der Waals surface area contributed by atoms with E-state index in [-0.39, 0.29) is 5.75 Å². The normalized spacial score (nSPS) is 10.3. The molecule has 5 nitrogen and oxygen atoms in total. The number of hydrogen-bond donors (Lipinski definition) is 3. The van der Waals surface area contributed by atoms with Gasteiger partial charge in [-0.1, -0.05) is 29.8 Å². The molecule has 0 radical (unpaired) electrons. The summed E-state index contributed by atoms with van der Waals surface area (Å²) in [7, 11) is 0. The average Bonchev–Trinajstić information content (AvgIpc) is 2.50. The lowest BCUT2D eigenvalue weighted by Gasteiger charge is -2.12. The van der Waals surface area contributed by atoms with Gasteiger partial charge in [-0.3, -0.25) is 9.59 Å². The molecule has 2 aromatic carbocycles. The standard InChI is InChI=1S/C19H22N2O3/c1-12-9-13(2)17(14(3)10-12)21-19(24)18(23)20-8-7-15-5-4-6-16(22)11-15/h4-6,9-11,22H,7-8H2,1-3H3,(H,20,23)(H,21,24). The number of phenols is 1. The highest BCUT2D eigenvalue weighted by Crippen LogP contribution is 2.21. The molecule has 5 heteroatoms. The summed E-state index contributed by atoms with van der Waals surface area (Å²) < 4.78 is 0. The summed E-state index contributed by atoms with van der Waals surface area (Å²) in [5.41, 5.74) is 4.52. The van der Waals surface area contributed by atoms with E-state index in [1.54, 1.807) is 18.2 Å². The van der Waals surface area contributed by atoms with Crippen molar-refractivity contribution in [1.82, 2.24) is 5.32 Å². The van der Waals surface area contributed by atoms with E-state index in [2.05, 4.69) is 10.6 Å². The Morgan fingerprint density at radius 1 is 1.00 bits per heavy atom. The Bertz CT molecular complexity index is 746. The van der Waals surface area contributed by atoms with E-state index in [1.165, 1.54) is 0 Å². The zero-order valence-corrected chi connectivity index (χ0v) is 14.1. The fraction of sp³-hybridized carbons (Fsp3) is 0.263. The Hall–Kier alpha value is -2.82. The van der Waals surface area contributed by atoms with Crippen LogP contribution in [0.25, 0.3) is 0 Å². The van der Waals surface area contributed by atoms with Gasteiger partial charge >= 0.3 is 11.8 Å². The van der Waals surface area contributed by atoms with Crippen molar-refractivity contribution in [3.05, 3.63) is 58.7 Å². The van der Waals surface area contributed by atoms with Gasteiger partial charge in [0, 0.05) is 12.2 Å². The number of anilines is 1. The topological polar surface area (TPSA) is 78.4 Å². The van der Waals surface area contributed by atoms with Crippen molar-refractivity contribution in [2.75, 3.05) is 11.9 Å². The molecule has 126 valence electrons. The lowest BCUT2D eigenvalue weighted by Crippen LogP contribution is -2.36. The van der Waals surface area contributed by atoms with Gasteiger partial charge in [0.2, 0.25) is 0 Å². The molecule has 0 saturated carbocycles. The van der Waals surface area contributed by atoms with Crippen LogP contribution in [0.1, 0.15) is 22.3 Å². The van der Waals surface area contributed by atoms with Gasteiger partial charge in [-0.05, 0) is 56.0 Å². The number of aryl methyl sites for hydroxylation is 3. The third kappa shape index (κ3) is 4.59. The van der Waals surface area contributed by atoms with Crippen molar-refractivity contribution in [3.8, 4) is 5.75 Å². The lowest BCUT2D eigenvalue weighted by atomic mass is 10.1. The zero-order valence-electron chi connectivity index (χ0n) is 14.1. The molecule has 0 saturated heterocycles. The minimum Gasteiger partial charge on any atom is -0.508 e. The quantitative estimate of drug-likeness (QED) is 0.756. The van der Waals surface area contributed by atoms with Crippen LogP contribution in [-0.4, -0.2) is 23.5 Å². The third-order valence-corrected chi connectivity index (χ3v) is 3.73. The van der Waals surface area contributed by atoms with Crippen molar-refractivity contribution in [3.63, 3.8) is 0 Å². The molecule has 0 aromatic heterocycles. The van der Waals surface area contributed by atoms with Crippen molar-refractivity contribution in [1.29, 1.82) is 0 Å². The van der Waals surface area contributed by atoms with Gasteiger partial charge in [-0.15, -0.1) is 0 Å². The first-order valence-corrected chi connectivity index (χ1v) is 7.82. The molecular weight excluding hydrogens is 304 g/mol. The van der Waals surface area contributed by atoms with E-state index in [1.807, 2.05) is 39.0 Å². The minimum absolute atomic E-state index is 0.182. The third-order valence-electron chi connectivity index (χ3n) is 3.73. The van der Waals surface area contributed by atoms with Gasteiger partial charge in [0.05, 0.1) is 0 Å². The molecule has 0 atom stereocenters. The molecule has 0 unspecified atom stereocenters. The molecule has 2 amide bonds. The van der Waals surface area contributed by atoms with Gasteiger partial charge < -0.3 is 15.7 Å². The highest BCUT2D eigenvalue weighted by atomic mass is 16.3. The molecular formula is C19H22N2O3. The predicted molar refractivity (Wildman–Crippen MR) is 94.1 cm³/mol. The Labute approximate surface area is 141 Å². The van der Waals surface area contributed by atoms with Gasteiger partial charge in [0.15, 0.2) is 0 Å². The van der Waals surface area contributed by atoms with Gasteiger partial charge in [-0.2, -0.15) is 0 Å². The largest absolute Gasteiger partial charge is 0.508 e. The van der Waals surface area contributed by atoms with E-state index in [0.717, 1.165) is 22.3 Å². The molecule has 2 rings (SSSR count). The van der Waals surface area contributed by atoms with Crippen LogP contribution in [0.15, 0.2) is 36.4 Å². The maximum Gasteiger partial charge on any atom is 0.313 e. The van der Waals surface area contributed by atoms with Crippen molar-refractivity contribution in [2.45, 2.75) is 27.2 Å². The SMILES string of the molecule is Cc1cc(C)c(NC(=O)C(=O)NCCc2cccc(O)c2)c(C)c1. The van der Waals surface area contributed by atoms with Crippen LogP contribution in [0, 0.1) is 20.8 Å². The molecule has 0 spiro atoms. The van der Waals surface area contributed by atoms with Crippen LogP contribution in [0.3, 0.4) is 0 Å². The second kappa shape index (κ2) is 7.64. The molecule has 24 heavy (non-hydrogen) atoms. The molecule has 3 N–H and O–H groups in total. The van der Waals surface area contributed by atoms with Gasteiger partial charge in [0.25, 0.3) is 0 Å². The van der Waals surface area contributed by atoms with Gasteiger partial charge in [-0.25, -0.2) is 0 Å². The summed E-state index contributed by atoms with van der Waals surface area (Å²) in [6.07, 6.45) is 0.538. The number of aromatic hydroxyl groups is 1. The average molecular weight is 326 g/mol. The summed E-state index contributed by atoms with van der Waals surface area (Å²) in [6.45, 7) is 6.10. The number of carbonyl (C=O) groups excluding carboxylic acids is 2. The van der Waals surface area contributed by atoms with Gasteiger partial charge in [0.1, 0.15) is 5.75 Å². The maximum atomic E-state index is 12.0. The second-order valence-corrected chi connectivity index (χ2v) is 5.90. The molecule has 2 aromatic rings. The Morgan fingerprint density at radius 2 is 1.67 bits per heavy atom. The monoisotopic (exact) mass is 326 g/mol. The molecule has 0 aliphatic heterocycles. The summed E-state index contributed by atoms with van der Waals surface area (Å²) in [5, 5.41) is 14.7. The lowest BCUT2D eigenvalue weighted by molar-refractivity contribution is -0.136. The molecule has 0 heterocycles. The summed E-state index contributed by atoms with van der Waals surface area (Å²) >= 11 is 0. The number of hydrogen-bond acceptors (Lipinski definition) is 3. The zero-order chi connectivity index (χ0) is 17.7. The van der Waals surface area contributed by atoms with Crippen LogP contribution in [0.5, 0.6) is 5.75 Å². The Kier molecular flexibility index (Phi) is 5.58. The predicted octanol–water partition coefficient (Wildman–Crippen LogP) is 2.61. The van der Waals surface area contributed by atoms with Crippen LogP contribution >= 0.6 is 0 Å².